The van der Waals surface area contributed by atoms with E-state index in [1.807, 2.05) is 48.5 Å². The third-order valence-electron chi connectivity index (χ3n) is 4.11. The minimum absolute atomic E-state index is 0.169. The molecule has 0 saturated carbocycles. The molecule has 0 spiro atoms. The van der Waals surface area contributed by atoms with Crippen LogP contribution in [0.2, 0.25) is 0 Å². The molecule has 0 aliphatic heterocycles. The topological polar surface area (TPSA) is 104 Å². The lowest BCUT2D eigenvalue weighted by Gasteiger charge is -2.13. The third-order valence-corrected chi connectivity index (χ3v) is 4.63. The van der Waals surface area contributed by atoms with Crippen molar-refractivity contribution in [3.8, 4) is 5.69 Å². The highest BCUT2D eigenvalue weighted by Gasteiger charge is 2.26. The van der Waals surface area contributed by atoms with Crippen molar-refractivity contribution in [3.63, 3.8) is 0 Å². The van der Waals surface area contributed by atoms with E-state index in [9.17, 15) is 15.3 Å². The first-order chi connectivity index (χ1) is 12.6. The second-order valence-electron chi connectivity index (χ2n) is 5.85. The largest absolute Gasteiger partial charge is 0.394 e. The Morgan fingerprint density at radius 2 is 1.62 bits per heavy atom. The Bertz CT molecular complexity index is 1080. The molecule has 0 fully saturated rings. The summed E-state index contributed by atoms with van der Waals surface area (Å²) in [5.41, 5.74) is 3.10. The molecule has 0 unspecified atom stereocenters. The summed E-state index contributed by atoms with van der Waals surface area (Å²) in [5.74, 6) is 0. The highest BCUT2D eigenvalue weighted by atomic mass is 79.9. The molecule has 4 rings (SSSR count). The molecule has 4 aromatic rings. The van der Waals surface area contributed by atoms with Gasteiger partial charge in [-0.15, -0.1) is 0 Å². The van der Waals surface area contributed by atoms with Crippen molar-refractivity contribution in [2.45, 2.75) is 12.2 Å². The zero-order chi connectivity index (χ0) is 18.3. The Labute approximate surface area is 156 Å². The van der Waals surface area contributed by atoms with Gasteiger partial charge in [-0.05, 0) is 36.4 Å². The minimum atomic E-state index is -1.38. The van der Waals surface area contributed by atoms with Gasteiger partial charge in [-0.1, -0.05) is 28.1 Å². The molecule has 7 nitrogen and oxygen atoms in total. The second kappa shape index (κ2) is 6.73. The Morgan fingerprint density at radius 1 is 0.962 bits per heavy atom. The fraction of sp³-hybridized carbons (Fsp3) is 0.167. The van der Waals surface area contributed by atoms with Crippen molar-refractivity contribution in [2.75, 3.05) is 6.61 Å². The molecule has 2 aromatic heterocycles. The highest BCUT2D eigenvalue weighted by molar-refractivity contribution is 9.10. The molecule has 3 N–H and O–H groups in total. The van der Waals surface area contributed by atoms with Crippen LogP contribution < -0.4 is 0 Å². The number of rotatable bonds is 4. The molecule has 2 aromatic carbocycles. The van der Waals surface area contributed by atoms with Crippen molar-refractivity contribution >= 4 is 38.1 Å². The number of hydrogen-bond acceptors (Lipinski definition) is 6. The SMILES string of the molecule is OC[C@@H](O)[C@@H](O)c1nn(-c2ccc(Br)cc2)c2nc3ccccc3nc12. The van der Waals surface area contributed by atoms with Crippen molar-refractivity contribution in [1.29, 1.82) is 0 Å². The van der Waals surface area contributed by atoms with Gasteiger partial charge in [0, 0.05) is 4.47 Å². The van der Waals surface area contributed by atoms with Crippen molar-refractivity contribution in [2.24, 2.45) is 0 Å². The Kier molecular flexibility index (Phi) is 4.41. The second-order valence-corrected chi connectivity index (χ2v) is 6.77. The number of aliphatic hydroxyl groups is 3. The lowest BCUT2D eigenvalue weighted by molar-refractivity contribution is -0.0168. The van der Waals surface area contributed by atoms with Gasteiger partial charge < -0.3 is 15.3 Å². The van der Waals surface area contributed by atoms with E-state index >= 15 is 0 Å². The predicted molar refractivity (Wildman–Crippen MR) is 99.9 cm³/mol. The molecular formula is C18H15BrN4O3. The fourth-order valence-corrected chi connectivity index (χ4v) is 3.02. The van der Waals surface area contributed by atoms with Gasteiger partial charge in [0.25, 0.3) is 0 Å². The van der Waals surface area contributed by atoms with Crippen LogP contribution in [0.5, 0.6) is 0 Å². The first kappa shape index (κ1) is 17.0. The molecule has 2 atom stereocenters. The fourth-order valence-electron chi connectivity index (χ4n) is 2.76. The summed E-state index contributed by atoms with van der Waals surface area (Å²) in [5, 5.41) is 33.9. The number of benzene rings is 2. The van der Waals surface area contributed by atoms with Gasteiger partial charge in [0.05, 0.1) is 23.3 Å². The predicted octanol–water partition coefficient (Wildman–Crippen LogP) is 2.12. The van der Waals surface area contributed by atoms with Crippen LogP contribution in [0.15, 0.2) is 53.0 Å². The van der Waals surface area contributed by atoms with Crippen molar-refractivity contribution in [1.82, 2.24) is 19.7 Å². The monoisotopic (exact) mass is 414 g/mol. The van der Waals surface area contributed by atoms with Crippen LogP contribution in [-0.2, 0) is 0 Å². The summed E-state index contributed by atoms with van der Waals surface area (Å²) in [6.07, 6.45) is -2.74. The number of hydrogen-bond donors (Lipinski definition) is 3. The average Bonchev–Trinajstić information content (AvgIpc) is 3.04. The number of halogens is 1. The van der Waals surface area contributed by atoms with Crippen molar-refractivity contribution in [3.05, 3.63) is 58.7 Å². The summed E-state index contributed by atoms with van der Waals surface area (Å²) in [6.45, 7) is -0.588. The van der Waals surface area contributed by atoms with Gasteiger partial charge in [-0.25, -0.2) is 14.6 Å². The van der Waals surface area contributed by atoms with Gasteiger partial charge in [0.1, 0.15) is 23.4 Å². The molecule has 0 bridgehead atoms. The summed E-state index contributed by atoms with van der Waals surface area (Å²) in [4.78, 5) is 9.21. The molecule has 8 heteroatoms. The number of nitrogens with zero attached hydrogens (tertiary/aromatic N) is 4. The van der Waals surface area contributed by atoms with E-state index in [0.717, 1.165) is 10.2 Å². The standard InChI is InChI=1S/C18H15BrN4O3/c19-10-5-7-11(8-6-10)23-18-16(15(22-23)17(26)14(25)9-24)20-12-3-1-2-4-13(12)21-18/h1-8,14,17,24-26H,9H2/t14-,17-/m1/s1. The molecule has 0 aliphatic carbocycles. The van der Waals surface area contributed by atoms with Gasteiger partial charge in [-0.2, -0.15) is 5.10 Å². The first-order valence-electron chi connectivity index (χ1n) is 7.97. The average molecular weight is 415 g/mol. The highest BCUT2D eigenvalue weighted by Crippen LogP contribution is 2.28. The van der Waals surface area contributed by atoms with E-state index in [1.54, 1.807) is 4.68 Å². The maximum atomic E-state index is 10.4. The summed E-state index contributed by atoms with van der Waals surface area (Å²) in [7, 11) is 0. The normalized spacial score (nSPS) is 14.0. The quantitative estimate of drug-likeness (QED) is 0.472. The molecule has 0 amide bonds. The Balaban J connectivity index is 2.01. The molecule has 0 aliphatic rings. The molecular weight excluding hydrogens is 400 g/mol. The van der Waals surface area contributed by atoms with Crippen molar-refractivity contribution < 1.29 is 15.3 Å². The van der Waals surface area contributed by atoms with Crippen LogP contribution >= 0.6 is 15.9 Å². The molecule has 0 radical (unpaired) electrons. The zero-order valence-electron chi connectivity index (χ0n) is 13.5. The summed E-state index contributed by atoms with van der Waals surface area (Å²) < 4.78 is 2.49. The Hall–Kier alpha value is -2.39. The van der Waals surface area contributed by atoms with Gasteiger partial charge in [0.2, 0.25) is 0 Å². The molecule has 2 heterocycles. The maximum absolute atomic E-state index is 10.4. The molecule has 132 valence electrons. The van der Waals surface area contributed by atoms with E-state index in [-0.39, 0.29) is 5.69 Å². The van der Waals surface area contributed by atoms with Gasteiger partial charge in [-0.3, -0.25) is 0 Å². The van der Waals surface area contributed by atoms with E-state index in [4.69, 9.17) is 0 Å². The lowest BCUT2D eigenvalue weighted by Crippen LogP contribution is -2.22. The summed E-state index contributed by atoms with van der Waals surface area (Å²) >= 11 is 3.40. The Morgan fingerprint density at radius 3 is 2.27 bits per heavy atom. The number of aromatic nitrogens is 4. The zero-order valence-corrected chi connectivity index (χ0v) is 15.1. The van der Waals surface area contributed by atoms with E-state index in [0.29, 0.717) is 22.2 Å². The first-order valence-corrected chi connectivity index (χ1v) is 8.76. The number of aliphatic hydroxyl groups excluding tert-OH is 3. The van der Waals surface area contributed by atoms with E-state index in [1.165, 1.54) is 0 Å². The van der Waals surface area contributed by atoms with Crippen LogP contribution in [0.4, 0.5) is 0 Å². The number of fused-ring (bicyclic) bond motifs is 2. The molecule has 0 saturated heterocycles. The lowest BCUT2D eigenvalue weighted by atomic mass is 10.1. The van der Waals surface area contributed by atoms with Crippen LogP contribution in [0, 0.1) is 0 Å². The van der Waals surface area contributed by atoms with E-state index < -0.39 is 18.8 Å². The van der Waals surface area contributed by atoms with Crippen LogP contribution in [0.1, 0.15) is 11.8 Å². The van der Waals surface area contributed by atoms with Crippen LogP contribution in [0.25, 0.3) is 27.9 Å². The molecule has 26 heavy (non-hydrogen) atoms. The number of para-hydroxylation sites is 2. The van der Waals surface area contributed by atoms with E-state index in [2.05, 4.69) is 31.0 Å². The van der Waals surface area contributed by atoms with Gasteiger partial charge in [0.15, 0.2) is 5.65 Å². The third kappa shape index (κ3) is 2.86. The minimum Gasteiger partial charge on any atom is -0.394 e. The summed E-state index contributed by atoms with van der Waals surface area (Å²) in [6, 6.07) is 14.8. The maximum Gasteiger partial charge on any atom is 0.182 e. The van der Waals surface area contributed by atoms with Gasteiger partial charge >= 0.3 is 0 Å². The van der Waals surface area contributed by atoms with Crippen LogP contribution in [0.3, 0.4) is 0 Å². The van der Waals surface area contributed by atoms with Crippen LogP contribution in [-0.4, -0.2) is 47.8 Å². The smallest absolute Gasteiger partial charge is 0.182 e.